The lowest BCUT2D eigenvalue weighted by Crippen LogP contribution is -2.12. The summed E-state index contributed by atoms with van der Waals surface area (Å²) < 4.78 is 0. The Labute approximate surface area is 127 Å². The molecule has 1 aliphatic carbocycles. The van der Waals surface area contributed by atoms with Gasteiger partial charge in [0.15, 0.2) is 0 Å². The first-order valence-electron chi connectivity index (χ1n) is 7.70. The van der Waals surface area contributed by atoms with Crippen LogP contribution in [0, 0.1) is 5.92 Å². The van der Waals surface area contributed by atoms with Crippen molar-refractivity contribution in [2.45, 2.75) is 69.5 Å². The monoisotopic (exact) mass is 322 g/mol. The zero-order valence-electron chi connectivity index (χ0n) is 12.6. The number of aryl methyl sites for hydroxylation is 1. The van der Waals surface area contributed by atoms with Gasteiger partial charge in [-0.05, 0) is 48.1 Å². The van der Waals surface area contributed by atoms with Gasteiger partial charge >= 0.3 is 0 Å². The quantitative estimate of drug-likeness (QED) is 0.608. The molecular weight excluding hydrogens is 296 g/mol. The van der Waals surface area contributed by atoms with Crippen LogP contribution in [0.1, 0.15) is 64.0 Å². The fourth-order valence-corrected chi connectivity index (χ4v) is 3.79. The minimum absolute atomic E-state index is 0.264. The van der Waals surface area contributed by atoms with Gasteiger partial charge in [0.2, 0.25) is 0 Å². The Morgan fingerprint density at radius 3 is 2.21 bits per heavy atom. The smallest absolute Gasteiger partial charge is 0.0177 e. The predicted octanol–water partition coefficient (Wildman–Crippen LogP) is 5.87. The van der Waals surface area contributed by atoms with Crippen molar-refractivity contribution < 1.29 is 0 Å². The molecular formula is C18H27Br. The van der Waals surface area contributed by atoms with E-state index in [0.717, 1.165) is 10.7 Å². The maximum Gasteiger partial charge on any atom is 0.0177 e. The summed E-state index contributed by atoms with van der Waals surface area (Å²) in [4.78, 5) is 0.720. The highest BCUT2D eigenvalue weighted by molar-refractivity contribution is 9.09. The van der Waals surface area contributed by atoms with Crippen molar-refractivity contribution in [1.29, 1.82) is 0 Å². The van der Waals surface area contributed by atoms with Crippen molar-refractivity contribution >= 4 is 15.9 Å². The molecule has 106 valence electrons. The molecule has 1 unspecified atom stereocenters. The van der Waals surface area contributed by atoms with Crippen LogP contribution in [-0.4, -0.2) is 4.83 Å². The van der Waals surface area contributed by atoms with Crippen LogP contribution in [0.5, 0.6) is 0 Å². The van der Waals surface area contributed by atoms with Gasteiger partial charge in [0.1, 0.15) is 0 Å². The van der Waals surface area contributed by atoms with Crippen molar-refractivity contribution in [2.75, 3.05) is 0 Å². The summed E-state index contributed by atoms with van der Waals surface area (Å²) >= 11 is 3.91. The zero-order chi connectivity index (χ0) is 13.9. The van der Waals surface area contributed by atoms with Crippen molar-refractivity contribution in [3.8, 4) is 0 Å². The SMILES string of the molecule is CC(C)(C)c1ccc(CCC(Br)C2CCCC2)cc1. The summed E-state index contributed by atoms with van der Waals surface area (Å²) in [5.41, 5.74) is 3.18. The van der Waals surface area contributed by atoms with Gasteiger partial charge in [0.05, 0.1) is 0 Å². The Bertz CT molecular complexity index is 379. The van der Waals surface area contributed by atoms with E-state index in [2.05, 4.69) is 61.0 Å². The van der Waals surface area contributed by atoms with E-state index < -0.39 is 0 Å². The summed E-state index contributed by atoms with van der Waals surface area (Å²) in [6.07, 6.45) is 8.22. The number of halogens is 1. The minimum atomic E-state index is 0.264. The molecule has 0 heterocycles. The number of alkyl halides is 1. The zero-order valence-corrected chi connectivity index (χ0v) is 14.2. The van der Waals surface area contributed by atoms with Gasteiger partial charge < -0.3 is 0 Å². The molecule has 0 nitrogen and oxygen atoms in total. The number of hydrogen-bond acceptors (Lipinski definition) is 0. The maximum absolute atomic E-state index is 3.91. The van der Waals surface area contributed by atoms with Crippen LogP contribution in [0.25, 0.3) is 0 Å². The van der Waals surface area contributed by atoms with Gasteiger partial charge in [-0.1, -0.05) is 73.8 Å². The number of rotatable bonds is 4. The molecule has 1 heteroatoms. The lowest BCUT2D eigenvalue weighted by molar-refractivity contribution is 0.506. The standard InChI is InChI=1S/C18H27Br/c1-18(2,3)16-11-8-14(9-12-16)10-13-17(19)15-6-4-5-7-15/h8-9,11-12,15,17H,4-7,10,13H2,1-3H3. The molecule has 1 fully saturated rings. The van der Waals surface area contributed by atoms with Crippen molar-refractivity contribution in [3.05, 3.63) is 35.4 Å². The van der Waals surface area contributed by atoms with Crippen LogP contribution in [0.15, 0.2) is 24.3 Å². The Morgan fingerprint density at radius 2 is 1.68 bits per heavy atom. The number of benzene rings is 1. The van der Waals surface area contributed by atoms with Crippen LogP contribution in [-0.2, 0) is 11.8 Å². The van der Waals surface area contributed by atoms with E-state index in [9.17, 15) is 0 Å². The molecule has 1 atom stereocenters. The summed E-state index contributed by atoms with van der Waals surface area (Å²) in [5, 5.41) is 0. The Balaban J connectivity index is 1.86. The highest BCUT2D eigenvalue weighted by atomic mass is 79.9. The van der Waals surface area contributed by atoms with E-state index in [4.69, 9.17) is 0 Å². The molecule has 0 aromatic heterocycles. The Morgan fingerprint density at radius 1 is 1.11 bits per heavy atom. The molecule has 0 N–H and O–H groups in total. The third-order valence-corrected chi connectivity index (χ3v) is 5.65. The fourth-order valence-electron chi connectivity index (χ4n) is 3.03. The summed E-state index contributed by atoms with van der Waals surface area (Å²) in [5.74, 6) is 0.925. The highest BCUT2D eigenvalue weighted by Crippen LogP contribution is 2.33. The van der Waals surface area contributed by atoms with E-state index in [1.54, 1.807) is 0 Å². The average molecular weight is 323 g/mol. The van der Waals surface area contributed by atoms with Crippen molar-refractivity contribution in [2.24, 2.45) is 5.92 Å². The van der Waals surface area contributed by atoms with Crippen LogP contribution >= 0.6 is 15.9 Å². The molecule has 19 heavy (non-hydrogen) atoms. The van der Waals surface area contributed by atoms with Gasteiger partial charge in [0, 0.05) is 4.83 Å². The second-order valence-corrected chi connectivity index (χ2v) is 8.22. The topological polar surface area (TPSA) is 0 Å². The molecule has 1 aromatic rings. The first kappa shape index (κ1) is 15.1. The molecule has 0 bridgehead atoms. The average Bonchev–Trinajstić information content (AvgIpc) is 2.89. The second kappa shape index (κ2) is 6.43. The molecule has 0 radical (unpaired) electrons. The van der Waals surface area contributed by atoms with Crippen LogP contribution < -0.4 is 0 Å². The maximum atomic E-state index is 3.91. The third kappa shape index (κ3) is 4.34. The van der Waals surface area contributed by atoms with E-state index in [1.807, 2.05) is 0 Å². The van der Waals surface area contributed by atoms with Gasteiger partial charge in [-0.3, -0.25) is 0 Å². The normalized spacial score (nSPS) is 18.7. The molecule has 0 amide bonds. The van der Waals surface area contributed by atoms with E-state index in [0.29, 0.717) is 0 Å². The van der Waals surface area contributed by atoms with Gasteiger partial charge in [-0.2, -0.15) is 0 Å². The minimum Gasteiger partial charge on any atom is -0.0888 e. The molecule has 2 rings (SSSR count). The van der Waals surface area contributed by atoms with Crippen molar-refractivity contribution in [3.63, 3.8) is 0 Å². The summed E-state index contributed by atoms with van der Waals surface area (Å²) in [7, 11) is 0. The Kier molecular flexibility index (Phi) is 5.11. The molecule has 0 aliphatic heterocycles. The molecule has 1 aromatic carbocycles. The van der Waals surface area contributed by atoms with Crippen LogP contribution in [0.4, 0.5) is 0 Å². The van der Waals surface area contributed by atoms with E-state index in [1.165, 1.54) is 49.7 Å². The summed E-state index contributed by atoms with van der Waals surface area (Å²) in [6.45, 7) is 6.82. The Hall–Kier alpha value is -0.300. The lowest BCUT2D eigenvalue weighted by atomic mass is 9.86. The molecule has 0 spiro atoms. The molecule has 0 saturated heterocycles. The van der Waals surface area contributed by atoms with Crippen LogP contribution in [0.3, 0.4) is 0 Å². The highest BCUT2D eigenvalue weighted by Gasteiger charge is 2.22. The van der Waals surface area contributed by atoms with Gasteiger partial charge in [0.25, 0.3) is 0 Å². The van der Waals surface area contributed by atoms with Gasteiger partial charge in [-0.25, -0.2) is 0 Å². The lowest BCUT2D eigenvalue weighted by Gasteiger charge is -2.20. The second-order valence-electron chi connectivity index (χ2n) is 7.05. The van der Waals surface area contributed by atoms with Gasteiger partial charge in [-0.15, -0.1) is 0 Å². The first-order chi connectivity index (χ1) is 8.97. The fraction of sp³-hybridized carbons (Fsp3) is 0.667. The van der Waals surface area contributed by atoms with Crippen molar-refractivity contribution in [1.82, 2.24) is 0 Å². The van der Waals surface area contributed by atoms with E-state index in [-0.39, 0.29) is 5.41 Å². The predicted molar refractivity (Wildman–Crippen MR) is 88.1 cm³/mol. The van der Waals surface area contributed by atoms with E-state index >= 15 is 0 Å². The molecule has 1 aliphatic rings. The number of hydrogen-bond donors (Lipinski definition) is 0. The largest absolute Gasteiger partial charge is 0.0888 e. The third-order valence-electron chi connectivity index (χ3n) is 4.44. The molecule has 1 saturated carbocycles. The first-order valence-corrected chi connectivity index (χ1v) is 8.62. The van der Waals surface area contributed by atoms with Crippen LogP contribution in [0.2, 0.25) is 0 Å². The summed E-state index contributed by atoms with van der Waals surface area (Å²) in [6, 6.07) is 9.23.